The topological polar surface area (TPSA) is 121 Å². The zero-order chi connectivity index (χ0) is 19.7. The van der Waals surface area contributed by atoms with Crippen LogP contribution in [0.1, 0.15) is 0 Å². The summed E-state index contributed by atoms with van der Waals surface area (Å²) in [4.78, 5) is 12.5. The average Bonchev–Trinajstić information content (AvgIpc) is 3.15. The first kappa shape index (κ1) is 18.0. The van der Waals surface area contributed by atoms with Gasteiger partial charge in [0, 0.05) is 6.26 Å². The Labute approximate surface area is 160 Å². The van der Waals surface area contributed by atoms with Crippen molar-refractivity contribution >= 4 is 21.8 Å². The summed E-state index contributed by atoms with van der Waals surface area (Å²) in [6.45, 7) is 0.0285. The number of carbonyl (C=O) groups is 1. The average molecular weight is 401 g/mol. The number of hydrogen-bond donors (Lipinski definition) is 1. The quantitative estimate of drug-likeness (QED) is 0.704. The van der Waals surface area contributed by atoms with E-state index >= 15 is 0 Å². The summed E-state index contributed by atoms with van der Waals surface area (Å²) in [7, 11) is -3.49. The summed E-state index contributed by atoms with van der Waals surface area (Å²) in [6, 6.07) is 13.1. The van der Waals surface area contributed by atoms with Crippen molar-refractivity contribution in [1.82, 2.24) is 10.2 Å². The van der Waals surface area contributed by atoms with Gasteiger partial charge in [-0.2, -0.15) is 0 Å². The molecule has 1 aromatic heterocycles. The van der Waals surface area contributed by atoms with Crippen LogP contribution >= 0.6 is 0 Å². The third-order valence-corrected chi connectivity index (χ3v) is 5.13. The summed E-state index contributed by atoms with van der Waals surface area (Å²) in [5.41, 5.74) is 0.254. The monoisotopic (exact) mass is 401 g/mol. The predicted octanol–water partition coefficient (Wildman–Crippen LogP) is 1.92. The molecule has 0 saturated carbocycles. The number of benzene rings is 2. The molecular weight excluding hydrogens is 386 g/mol. The van der Waals surface area contributed by atoms with Gasteiger partial charge in [0.05, 0.1) is 10.5 Å². The normalized spacial score (nSPS) is 15.8. The molecule has 1 aliphatic rings. The first-order valence-electron chi connectivity index (χ1n) is 8.24. The van der Waals surface area contributed by atoms with E-state index in [-0.39, 0.29) is 29.0 Å². The van der Waals surface area contributed by atoms with Crippen LogP contribution in [0.2, 0.25) is 0 Å². The molecule has 9 nitrogen and oxygen atoms in total. The number of aromatic nitrogens is 2. The number of sulfone groups is 1. The molecule has 0 radical (unpaired) electrons. The molecule has 0 spiro atoms. The molecule has 0 aliphatic carbocycles. The Kier molecular flexibility index (Phi) is 4.47. The van der Waals surface area contributed by atoms with Crippen LogP contribution in [0.3, 0.4) is 0 Å². The van der Waals surface area contributed by atoms with Crippen molar-refractivity contribution in [2.24, 2.45) is 0 Å². The van der Waals surface area contributed by atoms with Crippen molar-refractivity contribution in [3.63, 3.8) is 0 Å². The highest BCUT2D eigenvalue weighted by molar-refractivity contribution is 7.90. The van der Waals surface area contributed by atoms with Gasteiger partial charge < -0.3 is 13.9 Å². The molecule has 28 heavy (non-hydrogen) atoms. The van der Waals surface area contributed by atoms with Crippen molar-refractivity contribution in [3.05, 3.63) is 48.5 Å². The number of nitrogens with one attached hydrogen (secondary N) is 1. The number of carbonyl (C=O) groups excluding carboxylic acids is 1. The Morgan fingerprint density at radius 1 is 1.07 bits per heavy atom. The van der Waals surface area contributed by atoms with E-state index in [2.05, 4.69) is 15.5 Å². The Balaban J connectivity index is 1.51. The maximum absolute atomic E-state index is 12.4. The molecule has 1 unspecified atom stereocenters. The number of hydrogen-bond acceptors (Lipinski definition) is 8. The lowest BCUT2D eigenvalue weighted by Crippen LogP contribution is -2.40. The van der Waals surface area contributed by atoms with E-state index in [1.54, 1.807) is 42.5 Å². The molecule has 1 aliphatic heterocycles. The van der Waals surface area contributed by atoms with E-state index in [0.717, 1.165) is 6.26 Å². The molecule has 2 heterocycles. The fourth-order valence-corrected chi connectivity index (χ4v) is 3.56. The fraction of sp³-hybridized carbons (Fsp3) is 0.167. The molecule has 4 rings (SSSR count). The maximum atomic E-state index is 12.4. The van der Waals surface area contributed by atoms with Crippen molar-refractivity contribution in [2.45, 2.75) is 11.0 Å². The lowest BCUT2D eigenvalue weighted by molar-refractivity contribution is -0.125. The molecule has 1 amide bonds. The van der Waals surface area contributed by atoms with E-state index in [4.69, 9.17) is 13.9 Å². The van der Waals surface area contributed by atoms with Gasteiger partial charge in [0.25, 0.3) is 11.8 Å². The zero-order valence-corrected chi connectivity index (χ0v) is 15.5. The highest BCUT2D eigenvalue weighted by Gasteiger charge is 2.28. The fourth-order valence-electron chi connectivity index (χ4n) is 2.68. The first-order chi connectivity index (χ1) is 13.4. The Morgan fingerprint density at radius 3 is 2.57 bits per heavy atom. The smallest absolute Gasteiger partial charge is 0.322 e. The van der Waals surface area contributed by atoms with E-state index < -0.39 is 21.8 Å². The van der Waals surface area contributed by atoms with E-state index in [9.17, 15) is 13.2 Å². The van der Waals surface area contributed by atoms with Gasteiger partial charge in [-0.25, -0.2) is 8.42 Å². The van der Waals surface area contributed by atoms with E-state index in [0.29, 0.717) is 11.5 Å². The lowest BCUT2D eigenvalue weighted by Gasteiger charge is -2.24. The van der Waals surface area contributed by atoms with Gasteiger partial charge >= 0.3 is 6.01 Å². The molecule has 2 aromatic carbocycles. The number of ether oxygens (including phenoxy) is 2. The Bertz CT molecular complexity index is 1140. The van der Waals surface area contributed by atoms with Crippen molar-refractivity contribution in [2.75, 3.05) is 18.2 Å². The minimum Gasteiger partial charge on any atom is -0.485 e. The van der Waals surface area contributed by atoms with Gasteiger partial charge in [0.2, 0.25) is 6.10 Å². The number of anilines is 1. The van der Waals surface area contributed by atoms with Crippen LogP contribution in [0, 0.1) is 0 Å². The van der Waals surface area contributed by atoms with Crippen molar-refractivity contribution < 1.29 is 27.1 Å². The first-order valence-corrected chi connectivity index (χ1v) is 10.1. The molecular formula is C18H15N3O6S. The lowest BCUT2D eigenvalue weighted by atomic mass is 10.2. The van der Waals surface area contributed by atoms with Crippen molar-refractivity contribution in [3.8, 4) is 23.0 Å². The Hall–Kier alpha value is -3.40. The molecule has 144 valence electrons. The van der Waals surface area contributed by atoms with E-state index in [1.807, 2.05) is 0 Å². The van der Waals surface area contributed by atoms with Gasteiger partial charge in [-0.3, -0.25) is 10.1 Å². The molecule has 1 N–H and O–H groups in total. The van der Waals surface area contributed by atoms with Crippen LogP contribution in [-0.2, 0) is 14.6 Å². The minimum atomic E-state index is -3.49. The van der Waals surface area contributed by atoms with Crippen LogP contribution in [0.25, 0.3) is 11.5 Å². The third kappa shape index (κ3) is 3.54. The molecule has 1 atom stereocenters. The summed E-state index contributed by atoms with van der Waals surface area (Å²) < 4.78 is 40.4. The number of rotatable bonds is 4. The van der Waals surface area contributed by atoms with Gasteiger partial charge in [0.15, 0.2) is 21.3 Å². The highest BCUT2D eigenvalue weighted by Crippen LogP contribution is 2.31. The number of amides is 1. The standard InChI is InChI=1S/C18H15N3O6S/c1-28(23,24)15-9-5-2-6-11(15)17-20-21-18(27-17)19-16(22)14-10-25-12-7-3-4-8-13(12)26-14/h2-9,14H,10H2,1H3,(H,19,21,22). The second kappa shape index (κ2) is 6.97. The van der Waals surface area contributed by atoms with Gasteiger partial charge in [-0.15, -0.1) is 5.10 Å². The summed E-state index contributed by atoms with van der Waals surface area (Å²) >= 11 is 0. The maximum Gasteiger partial charge on any atom is 0.322 e. The molecule has 0 fully saturated rings. The molecule has 3 aromatic rings. The van der Waals surface area contributed by atoms with Crippen LogP contribution in [0.5, 0.6) is 11.5 Å². The number of fused-ring (bicyclic) bond motifs is 1. The minimum absolute atomic E-state index is 0.0255. The largest absolute Gasteiger partial charge is 0.485 e. The number of para-hydroxylation sites is 2. The SMILES string of the molecule is CS(=O)(=O)c1ccccc1-c1nnc(NC(=O)C2COc3ccccc3O2)o1. The Morgan fingerprint density at radius 2 is 1.79 bits per heavy atom. The van der Waals surface area contributed by atoms with Gasteiger partial charge in [0.1, 0.15) is 6.61 Å². The second-order valence-corrected chi connectivity index (χ2v) is 8.02. The molecule has 10 heteroatoms. The van der Waals surface area contributed by atoms with Gasteiger partial charge in [-0.05, 0) is 24.3 Å². The molecule has 0 bridgehead atoms. The summed E-state index contributed by atoms with van der Waals surface area (Å²) in [5.74, 6) is 0.467. The van der Waals surface area contributed by atoms with Crippen molar-refractivity contribution in [1.29, 1.82) is 0 Å². The van der Waals surface area contributed by atoms with E-state index in [1.165, 1.54) is 6.07 Å². The highest BCUT2D eigenvalue weighted by atomic mass is 32.2. The van der Waals surface area contributed by atoms with Crippen LogP contribution in [-0.4, -0.2) is 43.5 Å². The predicted molar refractivity (Wildman–Crippen MR) is 97.8 cm³/mol. The summed E-state index contributed by atoms with van der Waals surface area (Å²) in [6.07, 6.45) is 0.192. The van der Waals surface area contributed by atoms with Crippen LogP contribution in [0.15, 0.2) is 57.8 Å². The van der Waals surface area contributed by atoms with Crippen LogP contribution < -0.4 is 14.8 Å². The molecule has 0 saturated heterocycles. The zero-order valence-electron chi connectivity index (χ0n) is 14.7. The third-order valence-electron chi connectivity index (χ3n) is 3.97. The van der Waals surface area contributed by atoms with Crippen LogP contribution in [0.4, 0.5) is 6.01 Å². The second-order valence-electron chi connectivity index (χ2n) is 6.03. The van der Waals surface area contributed by atoms with Gasteiger partial charge in [-0.1, -0.05) is 29.4 Å². The summed E-state index contributed by atoms with van der Waals surface area (Å²) in [5, 5.41) is 10.0. The number of nitrogens with zero attached hydrogens (tertiary/aromatic N) is 2.